The van der Waals surface area contributed by atoms with Gasteiger partial charge in [0.2, 0.25) is 0 Å². The second kappa shape index (κ2) is 5.70. The molecular formula is C24H25BO2. The highest BCUT2D eigenvalue weighted by atomic mass is 16.7. The molecular weight excluding hydrogens is 331 g/mol. The van der Waals surface area contributed by atoms with Crippen molar-refractivity contribution in [2.45, 2.75) is 51.7 Å². The van der Waals surface area contributed by atoms with E-state index in [1.54, 1.807) is 0 Å². The Morgan fingerprint density at radius 1 is 0.815 bits per heavy atom. The molecule has 2 aliphatic rings. The highest BCUT2D eigenvalue weighted by molar-refractivity contribution is 6.62. The van der Waals surface area contributed by atoms with E-state index in [0.717, 1.165) is 18.3 Å². The Morgan fingerprint density at radius 2 is 1.48 bits per heavy atom. The van der Waals surface area contributed by atoms with E-state index in [1.165, 1.54) is 32.7 Å². The molecule has 0 spiro atoms. The van der Waals surface area contributed by atoms with Crippen molar-refractivity contribution in [3.8, 4) is 0 Å². The summed E-state index contributed by atoms with van der Waals surface area (Å²) in [7, 11) is -0.325. The van der Waals surface area contributed by atoms with Gasteiger partial charge in [-0.25, -0.2) is 0 Å². The molecule has 0 saturated carbocycles. The molecule has 2 nitrogen and oxygen atoms in total. The van der Waals surface area contributed by atoms with Crippen LogP contribution >= 0.6 is 0 Å². The third-order valence-corrected chi connectivity index (χ3v) is 6.57. The molecule has 5 rings (SSSR count). The molecule has 0 aromatic heterocycles. The first kappa shape index (κ1) is 17.0. The molecule has 3 aromatic rings. The lowest BCUT2D eigenvalue weighted by Crippen LogP contribution is -2.41. The van der Waals surface area contributed by atoms with Gasteiger partial charge in [-0.05, 0) is 78.7 Å². The number of fused-ring (bicyclic) bond motifs is 6. The highest BCUT2D eigenvalue weighted by Gasteiger charge is 2.51. The van der Waals surface area contributed by atoms with Crippen molar-refractivity contribution in [2.24, 2.45) is 0 Å². The molecule has 0 bridgehead atoms. The summed E-state index contributed by atoms with van der Waals surface area (Å²) in [5.74, 6) is 0. The third kappa shape index (κ3) is 2.49. The zero-order valence-electron chi connectivity index (χ0n) is 16.5. The first-order chi connectivity index (χ1) is 12.9. The molecule has 3 aromatic carbocycles. The van der Waals surface area contributed by atoms with Crippen LogP contribution in [0, 0.1) is 0 Å². The lowest BCUT2D eigenvalue weighted by molar-refractivity contribution is 0.00578. The van der Waals surface area contributed by atoms with Crippen LogP contribution in [-0.2, 0) is 15.7 Å². The summed E-state index contributed by atoms with van der Waals surface area (Å²) in [5.41, 5.74) is 3.27. The maximum Gasteiger partial charge on any atom is 0.494 e. The maximum atomic E-state index is 6.29. The summed E-state index contributed by atoms with van der Waals surface area (Å²) in [6.45, 7) is 8.41. The molecule has 0 unspecified atom stereocenters. The van der Waals surface area contributed by atoms with Crippen molar-refractivity contribution in [1.82, 2.24) is 0 Å². The molecule has 0 N–H and O–H groups in total. The Bertz CT molecular complexity index is 1080. The van der Waals surface area contributed by atoms with Crippen LogP contribution < -0.4 is 5.46 Å². The van der Waals surface area contributed by atoms with Gasteiger partial charge in [-0.1, -0.05) is 54.6 Å². The molecule has 1 heterocycles. The van der Waals surface area contributed by atoms with E-state index in [9.17, 15) is 0 Å². The number of benzene rings is 3. The molecule has 0 atom stereocenters. The summed E-state index contributed by atoms with van der Waals surface area (Å²) < 4.78 is 12.6. The SMILES string of the molecule is CC1(C)OB(c2ccc3c(c2)c2c(c4ccccc43)CCC=C2)OC1(C)C. The van der Waals surface area contributed by atoms with Crippen LogP contribution in [0.1, 0.15) is 45.2 Å². The van der Waals surface area contributed by atoms with Gasteiger partial charge in [0.1, 0.15) is 0 Å². The second-order valence-electron chi connectivity index (χ2n) is 8.77. The molecule has 1 fully saturated rings. The minimum atomic E-state index is -0.325. The lowest BCUT2D eigenvalue weighted by atomic mass is 9.76. The average Bonchev–Trinajstić information content (AvgIpc) is 2.89. The quantitative estimate of drug-likeness (QED) is 0.438. The second-order valence-corrected chi connectivity index (χ2v) is 8.77. The van der Waals surface area contributed by atoms with Gasteiger partial charge in [-0.3, -0.25) is 0 Å². The number of aryl methyl sites for hydroxylation is 1. The number of hydrogen-bond donors (Lipinski definition) is 0. The van der Waals surface area contributed by atoms with Gasteiger partial charge in [-0.15, -0.1) is 0 Å². The van der Waals surface area contributed by atoms with E-state index in [0.29, 0.717) is 0 Å². The third-order valence-electron chi connectivity index (χ3n) is 6.57. The van der Waals surface area contributed by atoms with Crippen molar-refractivity contribution >= 4 is 40.2 Å². The standard InChI is InChI=1S/C24H25BO2/c1-23(2)24(3,4)27-25(26-23)16-13-14-21-19-11-6-5-9-17(19)18-10-7-8-12-20(18)22(21)15-16/h5-6,8-9,11-15H,7,10H2,1-4H3. The van der Waals surface area contributed by atoms with Crippen LogP contribution in [0.5, 0.6) is 0 Å². The van der Waals surface area contributed by atoms with Gasteiger partial charge in [0, 0.05) is 0 Å². The molecule has 1 aliphatic heterocycles. The fraction of sp³-hybridized carbons (Fsp3) is 0.333. The average molecular weight is 356 g/mol. The van der Waals surface area contributed by atoms with Gasteiger partial charge in [0.05, 0.1) is 11.2 Å². The van der Waals surface area contributed by atoms with Crippen LogP contribution in [0.2, 0.25) is 0 Å². The topological polar surface area (TPSA) is 18.5 Å². The summed E-state index contributed by atoms with van der Waals surface area (Å²) in [6, 6.07) is 15.5. The summed E-state index contributed by atoms with van der Waals surface area (Å²) in [4.78, 5) is 0. The Balaban J connectivity index is 1.73. The van der Waals surface area contributed by atoms with Crippen LogP contribution in [-0.4, -0.2) is 18.3 Å². The van der Waals surface area contributed by atoms with Crippen LogP contribution in [0.3, 0.4) is 0 Å². The lowest BCUT2D eigenvalue weighted by Gasteiger charge is -2.32. The molecule has 3 heteroatoms. The Hall–Kier alpha value is -2.10. The van der Waals surface area contributed by atoms with E-state index in [-0.39, 0.29) is 18.3 Å². The van der Waals surface area contributed by atoms with Crippen molar-refractivity contribution in [3.63, 3.8) is 0 Å². The predicted molar refractivity (Wildman–Crippen MR) is 115 cm³/mol. The van der Waals surface area contributed by atoms with Crippen LogP contribution in [0.4, 0.5) is 0 Å². The zero-order chi connectivity index (χ0) is 18.8. The Labute approximate surface area is 161 Å². The van der Waals surface area contributed by atoms with Crippen molar-refractivity contribution < 1.29 is 9.31 Å². The van der Waals surface area contributed by atoms with Gasteiger partial charge >= 0.3 is 7.12 Å². The van der Waals surface area contributed by atoms with Gasteiger partial charge in [-0.2, -0.15) is 0 Å². The first-order valence-electron chi connectivity index (χ1n) is 9.87. The van der Waals surface area contributed by atoms with Crippen molar-refractivity contribution in [2.75, 3.05) is 0 Å². The Kier molecular flexibility index (Phi) is 3.60. The maximum absolute atomic E-state index is 6.29. The largest absolute Gasteiger partial charge is 0.494 e. The minimum absolute atomic E-state index is 0.324. The monoisotopic (exact) mass is 356 g/mol. The van der Waals surface area contributed by atoms with Crippen molar-refractivity contribution in [3.05, 3.63) is 59.7 Å². The number of hydrogen-bond acceptors (Lipinski definition) is 2. The van der Waals surface area contributed by atoms with E-state index in [2.05, 4.69) is 82.3 Å². The molecule has 0 amide bonds. The summed E-state index contributed by atoms with van der Waals surface area (Å²) >= 11 is 0. The highest BCUT2D eigenvalue weighted by Crippen LogP contribution is 2.38. The fourth-order valence-corrected chi connectivity index (χ4v) is 4.32. The fourth-order valence-electron chi connectivity index (χ4n) is 4.32. The number of allylic oxidation sites excluding steroid dienone is 1. The van der Waals surface area contributed by atoms with Gasteiger partial charge in [0.25, 0.3) is 0 Å². The summed E-state index contributed by atoms with van der Waals surface area (Å²) in [5, 5.41) is 5.32. The van der Waals surface area contributed by atoms with E-state index in [1.807, 2.05) is 0 Å². The minimum Gasteiger partial charge on any atom is -0.399 e. The summed E-state index contributed by atoms with van der Waals surface area (Å²) in [6.07, 6.45) is 6.79. The van der Waals surface area contributed by atoms with Gasteiger partial charge < -0.3 is 9.31 Å². The first-order valence-corrected chi connectivity index (χ1v) is 9.87. The van der Waals surface area contributed by atoms with Crippen LogP contribution in [0.15, 0.2) is 48.5 Å². The molecule has 27 heavy (non-hydrogen) atoms. The molecule has 1 aliphatic carbocycles. The molecule has 0 radical (unpaired) electrons. The van der Waals surface area contributed by atoms with Crippen LogP contribution in [0.25, 0.3) is 27.6 Å². The predicted octanol–water partition coefficient (Wildman–Crippen LogP) is 5.25. The van der Waals surface area contributed by atoms with E-state index in [4.69, 9.17) is 9.31 Å². The molecule has 136 valence electrons. The van der Waals surface area contributed by atoms with E-state index >= 15 is 0 Å². The normalized spacial score (nSPS) is 20.4. The Morgan fingerprint density at radius 3 is 2.22 bits per heavy atom. The smallest absolute Gasteiger partial charge is 0.399 e. The van der Waals surface area contributed by atoms with Crippen molar-refractivity contribution in [1.29, 1.82) is 0 Å². The zero-order valence-corrected chi connectivity index (χ0v) is 16.5. The number of rotatable bonds is 1. The van der Waals surface area contributed by atoms with Gasteiger partial charge in [0.15, 0.2) is 0 Å². The molecule has 1 saturated heterocycles. The van der Waals surface area contributed by atoms with E-state index < -0.39 is 0 Å².